The molecule has 4 rings (SSSR count). The molecule has 0 radical (unpaired) electrons. The first-order chi connectivity index (χ1) is 15.4. The van der Waals surface area contributed by atoms with E-state index in [1.165, 1.54) is 0 Å². The first kappa shape index (κ1) is 21.8. The minimum atomic E-state index is -0.0687. The Hall–Kier alpha value is -3.40. The van der Waals surface area contributed by atoms with E-state index in [1.807, 2.05) is 41.1 Å². The van der Waals surface area contributed by atoms with Crippen molar-refractivity contribution in [1.29, 1.82) is 0 Å². The monoisotopic (exact) mass is 461 g/mol. The molecular formula is C25H21ClN3O2P. The number of fused-ring (bicyclic) bond motifs is 1. The second-order valence-corrected chi connectivity index (χ2v) is 8.21. The summed E-state index contributed by atoms with van der Waals surface area (Å²) in [6, 6.07) is 22.1. The average molecular weight is 462 g/mol. The lowest BCUT2D eigenvalue weighted by molar-refractivity contribution is 0.108. The van der Waals surface area contributed by atoms with Crippen molar-refractivity contribution in [3.63, 3.8) is 0 Å². The Balaban J connectivity index is 1.59. The van der Waals surface area contributed by atoms with Crippen molar-refractivity contribution in [2.24, 2.45) is 0 Å². The van der Waals surface area contributed by atoms with Gasteiger partial charge in [-0.05, 0) is 54.6 Å². The lowest BCUT2D eigenvalue weighted by Crippen LogP contribution is -2.23. The fourth-order valence-corrected chi connectivity index (χ4v) is 3.78. The van der Waals surface area contributed by atoms with Crippen LogP contribution in [0.5, 0.6) is 0 Å². The summed E-state index contributed by atoms with van der Waals surface area (Å²) in [6.07, 6.45) is 1.83. The maximum Gasteiger partial charge on any atom is 0.194 e. The molecule has 0 bridgehead atoms. The van der Waals surface area contributed by atoms with Gasteiger partial charge in [-0.2, -0.15) is 0 Å². The lowest BCUT2D eigenvalue weighted by atomic mass is 10.1. The van der Waals surface area contributed by atoms with Crippen molar-refractivity contribution in [3.8, 4) is 5.69 Å². The zero-order chi connectivity index (χ0) is 22.7. The molecule has 0 aliphatic rings. The molecule has 0 spiro atoms. The summed E-state index contributed by atoms with van der Waals surface area (Å²) in [7, 11) is 2.15. The van der Waals surface area contributed by atoms with Crippen molar-refractivity contribution < 1.29 is 4.79 Å². The number of halogens is 1. The van der Waals surface area contributed by atoms with Gasteiger partial charge in [-0.1, -0.05) is 45.6 Å². The number of hydrogen-bond acceptors (Lipinski definition) is 4. The second kappa shape index (κ2) is 9.39. The predicted octanol–water partition coefficient (Wildman–Crippen LogP) is 5.33. The Bertz CT molecular complexity index is 1370. The number of pyridine rings is 1. The van der Waals surface area contributed by atoms with Gasteiger partial charge >= 0.3 is 0 Å². The SMILES string of the molecule is C=C(NCc1cn(-c2ccccc2)c2cc(Cl)ccc2c1=O)Nc1ccc(C(=O)P)cc1. The summed E-state index contributed by atoms with van der Waals surface area (Å²) in [5.41, 5.74) is 3.54. The van der Waals surface area contributed by atoms with Gasteiger partial charge in [-0.3, -0.25) is 9.59 Å². The number of aromatic nitrogens is 1. The van der Waals surface area contributed by atoms with Crippen LogP contribution in [0, 0.1) is 0 Å². The molecule has 2 N–H and O–H groups in total. The first-order valence-corrected chi connectivity index (χ1v) is 10.9. The van der Waals surface area contributed by atoms with Crippen molar-refractivity contribution in [1.82, 2.24) is 9.88 Å². The Kier molecular flexibility index (Phi) is 6.40. The first-order valence-electron chi connectivity index (χ1n) is 9.91. The van der Waals surface area contributed by atoms with Crippen LogP contribution in [-0.4, -0.2) is 10.1 Å². The average Bonchev–Trinajstić information content (AvgIpc) is 2.79. The van der Waals surface area contributed by atoms with Crippen LogP contribution in [0.3, 0.4) is 0 Å². The van der Waals surface area contributed by atoms with Crippen molar-refractivity contribution in [2.75, 3.05) is 5.32 Å². The van der Waals surface area contributed by atoms with Crippen molar-refractivity contribution in [3.05, 3.63) is 118 Å². The molecular weight excluding hydrogens is 441 g/mol. The van der Waals surface area contributed by atoms with Gasteiger partial charge < -0.3 is 15.2 Å². The molecule has 0 fully saturated rings. The second-order valence-electron chi connectivity index (χ2n) is 7.25. The van der Waals surface area contributed by atoms with Crippen LogP contribution in [-0.2, 0) is 6.54 Å². The third kappa shape index (κ3) is 4.75. The highest BCUT2D eigenvalue weighted by Crippen LogP contribution is 2.21. The number of rotatable bonds is 7. The van der Waals surface area contributed by atoms with Crippen LogP contribution >= 0.6 is 20.8 Å². The molecule has 1 aromatic heterocycles. The van der Waals surface area contributed by atoms with Crippen molar-refractivity contribution >= 4 is 43.0 Å². The standard InChI is InChI=1S/C25H21ClN3O2P/c1-16(28-20-10-7-17(8-11-20)25(31)32)27-14-18-15-29(21-5-3-2-4-6-21)23-13-19(26)9-12-22(23)24(18)30/h2-13,15,27-28H,1,14,32H2. The number of nitrogens with one attached hydrogen (secondary N) is 2. The van der Waals surface area contributed by atoms with E-state index in [2.05, 4.69) is 26.5 Å². The number of anilines is 1. The molecule has 4 aromatic rings. The van der Waals surface area contributed by atoms with Gasteiger partial charge in [0.05, 0.1) is 11.3 Å². The zero-order valence-corrected chi connectivity index (χ0v) is 19.0. The third-order valence-corrected chi connectivity index (χ3v) is 5.60. The predicted molar refractivity (Wildman–Crippen MR) is 135 cm³/mol. The van der Waals surface area contributed by atoms with Crippen LogP contribution in [0.4, 0.5) is 5.69 Å². The molecule has 5 nitrogen and oxygen atoms in total. The van der Waals surface area contributed by atoms with Crippen LogP contribution in [0.2, 0.25) is 5.02 Å². The zero-order valence-electron chi connectivity index (χ0n) is 17.1. The number of para-hydroxylation sites is 1. The molecule has 0 saturated heterocycles. The van der Waals surface area contributed by atoms with Gasteiger partial charge in [0.1, 0.15) is 0 Å². The third-order valence-electron chi connectivity index (χ3n) is 5.03. The summed E-state index contributed by atoms with van der Waals surface area (Å²) >= 11 is 6.21. The summed E-state index contributed by atoms with van der Waals surface area (Å²) < 4.78 is 1.97. The molecule has 32 heavy (non-hydrogen) atoms. The van der Waals surface area contributed by atoms with Gasteiger partial charge in [0, 0.05) is 45.7 Å². The van der Waals surface area contributed by atoms with E-state index < -0.39 is 0 Å². The number of carbonyl (C=O) groups excluding carboxylic acids is 1. The molecule has 0 amide bonds. The van der Waals surface area contributed by atoms with E-state index in [4.69, 9.17) is 11.6 Å². The molecule has 1 unspecified atom stereocenters. The van der Waals surface area contributed by atoms with E-state index in [1.54, 1.807) is 42.5 Å². The smallest absolute Gasteiger partial charge is 0.194 e. The summed E-state index contributed by atoms with van der Waals surface area (Å²) in [5.74, 6) is 0.539. The minimum Gasteiger partial charge on any atom is -0.368 e. The molecule has 3 aromatic carbocycles. The maximum absolute atomic E-state index is 13.1. The molecule has 7 heteroatoms. The number of benzene rings is 3. The Morgan fingerprint density at radius 3 is 2.44 bits per heavy atom. The van der Waals surface area contributed by atoms with Gasteiger partial charge in [0.15, 0.2) is 11.0 Å². The fourth-order valence-electron chi connectivity index (χ4n) is 3.42. The minimum absolute atomic E-state index is 0.0625. The topological polar surface area (TPSA) is 63.1 Å². The van der Waals surface area contributed by atoms with Crippen LogP contribution in [0.15, 0.2) is 96.2 Å². The molecule has 0 saturated carbocycles. The van der Waals surface area contributed by atoms with Crippen LogP contribution in [0.1, 0.15) is 15.9 Å². The summed E-state index contributed by atoms with van der Waals surface area (Å²) in [4.78, 5) is 24.5. The molecule has 1 atom stereocenters. The molecule has 0 aliphatic carbocycles. The molecule has 0 aliphatic heterocycles. The van der Waals surface area contributed by atoms with Crippen molar-refractivity contribution in [2.45, 2.75) is 6.54 Å². The van der Waals surface area contributed by atoms with E-state index >= 15 is 0 Å². The van der Waals surface area contributed by atoms with Gasteiger partial charge in [-0.25, -0.2) is 0 Å². The van der Waals surface area contributed by atoms with Gasteiger partial charge in [0.2, 0.25) is 0 Å². The highest BCUT2D eigenvalue weighted by molar-refractivity contribution is 7.41. The fraction of sp³-hybridized carbons (Fsp3) is 0.0400. The molecule has 160 valence electrons. The quantitative estimate of drug-likeness (QED) is 0.365. The van der Waals surface area contributed by atoms with E-state index in [0.29, 0.717) is 27.4 Å². The van der Waals surface area contributed by atoms with E-state index in [0.717, 1.165) is 16.9 Å². The lowest BCUT2D eigenvalue weighted by Gasteiger charge is -2.16. The number of hydrogen-bond donors (Lipinski definition) is 2. The summed E-state index contributed by atoms with van der Waals surface area (Å²) in [6.45, 7) is 4.28. The Morgan fingerprint density at radius 2 is 1.75 bits per heavy atom. The van der Waals surface area contributed by atoms with Crippen LogP contribution < -0.4 is 16.1 Å². The Morgan fingerprint density at radius 1 is 1.03 bits per heavy atom. The van der Waals surface area contributed by atoms with Crippen LogP contribution in [0.25, 0.3) is 16.6 Å². The largest absolute Gasteiger partial charge is 0.368 e. The maximum atomic E-state index is 13.1. The van der Waals surface area contributed by atoms with E-state index in [-0.39, 0.29) is 17.5 Å². The number of carbonyl (C=O) groups is 1. The highest BCUT2D eigenvalue weighted by Gasteiger charge is 2.11. The van der Waals surface area contributed by atoms with Gasteiger partial charge in [-0.15, -0.1) is 0 Å². The normalized spacial score (nSPS) is 10.7. The van der Waals surface area contributed by atoms with E-state index in [9.17, 15) is 9.59 Å². The highest BCUT2D eigenvalue weighted by atomic mass is 35.5. The Labute approximate surface area is 192 Å². The van der Waals surface area contributed by atoms with Gasteiger partial charge in [0.25, 0.3) is 0 Å². The summed E-state index contributed by atoms with van der Waals surface area (Å²) in [5, 5.41) is 7.46. The molecule has 1 heterocycles. The number of nitrogens with zero attached hydrogens (tertiary/aromatic N) is 1.